The lowest BCUT2D eigenvalue weighted by Gasteiger charge is -2.22. The molecule has 1 saturated heterocycles. The van der Waals surface area contributed by atoms with E-state index in [1.54, 1.807) is 18.2 Å². The number of carbonyl (C=O) groups is 2. The molecule has 1 heterocycles. The van der Waals surface area contributed by atoms with Crippen LogP contribution in [0.5, 0.6) is 5.75 Å². The molecule has 19 heavy (non-hydrogen) atoms. The minimum Gasteiger partial charge on any atom is -0.506 e. The third-order valence-corrected chi connectivity index (χ3v) is 4.00. The molecule has 0 radical (unpaired) electrons. The quantitative estimate of drug-likeness (QED) is 0.619. The lowest BCUT2D eigenvalue weighted by atomic mass is 9.78. The van der Waals surface area contributed by atoms with Crippen molar-refractivity contribution in [3.63, 3.8) is 0 Å². The van der Waals surface area contributed by atoms with Gasteiger partial charge in [0.15, 0.2) is 0 Å². The van der Waals surface area contributed by atoms with Crippen LogP contribution in [0, 0.1) is 17.8 Å². The van der Waals surface area contributed by atoms with Crippen LogP contribution in [0.2, 0.25) is 0 Å². The molecule has 0 unspecified atom stereocenters. The van der Waals surface area contributed by atoms with Crippen molar-refractivity contribution < 1.29 is 14.7 Å². The number of amides is 2. The smallest absolute Gasteiger partial charge is 0.238 e. The molecule has 1 aliphatic heterocycles. The van der Waals surface area contributed by atoms with Crippen LogP contribution in [0.1, 0.15) is 13.3 Å². The number of fused-ring (bicyclic) bond motifs is 1. The van der Waals surface area contributed by atoms with Gasteiger partial charge in [0.05, 0.1) is 17.5 Å². The third kappa shape index (κ3) is 1.67. The fourth-order valence-electron chi connectivity index (χ4n) is 3.04. The summed E-state index contributed by atoms with van der Waals surface area (Å²) in [5.74, 6) is -0.959. The van der Waals surface area contributed by atoms with Gasteiger partial charge in [0, 0.05) is 0 Å². The fraction of sp³-hybridized carbons (Fsp3) is 0.333. The largest absolute Gasteiger partial charge is 0.506 e. The van der Waals surface area contributed by atoms with Crippen molar-refractivity contribution in [3.8, 4) is 5.75 Å². The molecule has 1 N–H and O–H groups in total. The molecule has 4 nitrogen and oxygen atoms in total. The van der Waals surface area contributed by atoms with E-state index in [4.69, 9.17) is 0 Å². The second-order valence-corrected chi connectivity index (χ2v) is 5.16. The van der Waals surface area contributed by atoms with Gasteiger partial charge in [0.25, 0.3) is 0 Å². The van der Waals surface area contributed by atoms with Gasteiger partial charge in [-0.25, -0.2) is 4.90 Å². The molecule has 3 atom stereocenters. The molecule has 2 aliphatic rings. The average molecular weight is 257 g/mol. The van der Waals surface area contributed by atoms with Crippen LogP contribution in [0.15, 0.2) is 36.4 Å². The van der Waals surface area contributed by atoms with Crippen LogP contribution in [0.4, 0.5) is 5.69 Å². The standard InChI is InChI=1S/C15H15NO3/c1-9-5-4-6-10-13(9)15(19)16(14(10)18)11-7-2-3-8-12(11)17/h2-5,7-10,13,17H,6H2,1H3/t9-,10+,13+/m0/s1. The number of aromatic hydroxyl groups is 1. The Balaban J connectivity index is 2.04. The van der Waals surface area contributed by atoms with Crippen molar-refractivity contribution in [3.05, 3.63) is 36.4 Å². The number of phenols is 1. The Kier molecular flexibility index (Phi) is 2.66. The normalized spacial score (nSPS) is 29.7. The van der Waals surface area contributed by atoms with Gasteiger partial charge in [-0.3, -0.25) is 9.59 Å². The average Bonchev–Trinajstić information content (AvgIpc) is 2.64. The second-order valence-electron chi connectivity index (χ2n) is 5.16. The van der Waals surface area contributed by atoms with Crippen molar-refractivity contribution in [1.29, 1.82) is 0 Å². The monoisotopic (exact) mass is 257 g/mol. The Hall–Kier alpha value is -2.10. The van der Waals surface area contributed by atoms with Gasteiger partial charge in [-0.15, -0.1) is 0 Å². The van der Waals surface area contributed by atoms with Crippen LogP contribution in [-0.4, -0.2) is 16.9 Å². The number of benzene rings is 1. The molecule has 2 amide bonds. The first-order chi connectivity index (χ1) is 9.11. The first-order valence-electron chi connectivity index (χ1n) is 6.43. The van der Waals surface area contributed by atoms with E-state index in [2.05, 4.69) is 0 Å². The minimum atomic E-state index is -0.294. The van der Waals surface area contributed by atoms with Gasteiger partial charge in [0.2, 0.25) is 11.8 Å². The predicted molar refractivity (Wildman–Crippen MR) is 70.5 cm³/mol. The first-order valence-corrected chi connectivity index (χ1v) is 6.43. The summed E-state index contributed by atoms with van der Waals surface area (Å²) in [6.07, 6.45) is 4.55. The van der Waals surface area contributed by atoms with Gasteiger partial charge in [-0.2, -0.15) is 0 Å². The Morgan fingerprint density at radius 2 is 1.95 bits per heavy atom. The predicted octanol–water partition coefficient (Wildman–Crippen LogP) is 2.09. The Labute approximate surface area is 111 Å². The van der Waals surface area contributed by atoms with Gasteiger partial charge >= 0.3 is 0 Å². The molecule has 4 heteroatoms. The highest BCUT2D eigenvalue weighted by Gasteiger charge is 2.50. The SMILES string of the molecule is C[C@H]1C=CC[C@H]2C(=O)N(c3ccccc3O)C(=O)[C@H]12. The highest BCUT2D eigenvalue weighted by atomic mass is 16.3. The van der Waals surface area contributed by atoms with Crippen molar-refractivity contribution in [2.75, 3.05) is 4.90 Å². The number of carbonyl (C=O) groups excluding carboxylic acids is 2. The summed E-state index contributed by atoms with van der Waals surface area (Å²) in [4.78, 5) is 26.0. The molecule has 0 aromatic heterocycles. The number of nitrogens with zero attached hydrogens (tertiary/aromatic N) is 1. The van der Waals surface area contributed by atoms with Crippen LogP contribution in [0.3, 0.4) is 0 Å². The van der Waals surface area contributed by atoms with E-state index in [0.717, 1.165) is 4.90 Å². The fourth-order valence-corrected chi connectivity index (χ4v) is 3.04. The number of para-hydroxylation sites is 2. The summed E-state index contributed by atoms with van der Waals surface area (Å²) >= 11 is 0. The van der Waals surface area contributed by atoms with E-state index in [1.165, 1.54) is 6.07 Å². The number of rotatable bonds is 1. The first kappa shape index (κ1) is 12.0. The Morgan fingerprint density at radius 3 is 2.63 bits per heavy atom. The maximum absolute atomic E-state index is 12.5. The molecular weight excluding hydrogens is 242 g/mol. The van der Waals surface area contributed by atoms with Crippen LogP contribution >= 0.6 is 0 Å². The van der Waals surface area contributed by atoms with Gasteiger partial charge < -0.3 is 5.11 Å². The molecule has 1 fully saturated rings. The Bertz CT molecular complexity index is 579. The zero-order chi connectivity index (χ0) is 13.6. The van der Waals surface area contributed by atoms with Crippen LogP contribution < -0.4 is 4.90 Å². The zero-order valence-corrected chi connectivity index (χ0v) is 10.6. The number of hydrogen-bond acceptors (Lipinski definition) is 3. The maximum Gasteiger partial charge on any atom is 0.238 e. The van der Waals surface area contributed by atoms with Crippen molar-refractivity contribution in [2.45, 2.75) is 13.3 Å². The summed E-state index contributed by atoms with van der Waals surface area (Å²) in [6, 6.07) is 6.46. The van der Waals surface area contributed by atoms with E-state index in [0.29, 0.717) is 12.1 Å². The van der Waals surface area contributed by atoms with E-state index in [1.807, 2.05) is 19.1 Å². The second kappa shape index (κ2) is 4.23. The number of hydrogen-bond donors (Lipinski definition) is 1. The zero-order valence-electron chi connectivity index (χ0n) is 10.6. The topological polar surface area (TPSA) is 57.6 Å². The lowest BCUT2D eigenvalue weighted by Crippen LogP contribution is -2.31. The number of anilines is 1. The van der Waals surface area contributed by atoms with E-state index in [-0.39, 0.29) is 35.3 Å². The van der Waals surface area contributed by atoms with E-state index < -0.39 is 0 Å². The molecule has 1 aromatic carbocycles. The third-order valence-electron chi connectivity index (χ3n) is 4.00. The summed E-state index contributed by atoms with van der Waals surface area (Å²) in [6.45, 7) is 1.95. The molecular formula is C15H15NO3. The summed E-state index contributed by atoms with van der Waals surface area (Å²) in [5, 5.41) is 9.84. The molecule has 1 aliphatic carbocycles. The molecule has 0 spiro atoms. The van der Waals surface area contributed by atoms with Crippen molar-refractivity contribution in [1.82, 2.24) is 0 Å². The number of allylic oxidation sites excluding steroid dienone is 2. The van der Waals surface area contributed by atoms with Crippen molar-refractivity contribution >= 4 is 17.5 Å². The maximum atomic E-state index is 12.5. The molecule has 98 valence electrons. The molecule has 1 aromatic rings. The van der Waals surface area contributed by atoms with Gasteiger partial charge in [0.1, 0.15) is 5.75 Å². The number of imide groups is 1. The van der Waals surface area contributed by atoms with E-state index in [9.17, 15) is 14.7 Å². The molecule has 0 saturated carbocycles. The highest BCUT2D eigenvalue weighted by Crippen LogP contribution is 2.42. The van der Waals surface area contributed by atoms with Gasteiger partial charge in [-0.05, 0) is 24.5 Å². The van der Waals surface area contributed by atoms with Crippen LogP contribution in [-0.2, 0) is 9.59 Å². The summed E-state index contributed by atoms with van der Waals surface area (Å²) in [7, 11) is 0. The molecule has 0 bridgehead atoms. The molecule has 3 rings (SSSR count). The Morgan fingerprint density at radius 1 is 1.21 bits per heavy atom. The van der Waals surface area contributed by atoms with Gasteiger partial charge in [-0.1, -0.05) is 31.2 Å². The van der Waals surface area contributed by atoms with E-state index >= 15 is 0 Å². The minimum absolute atomic E-state index is 0.0385. The summed E-state index contributed by atoms with van der Waals surface area (Å²) in [5.41, 5.74) is 0.291. The van der Waals surface area contributed by atoms with Crippen LogP contribution in [0.25, 0.3) is 0 Å². The summed E-state index contributed by atoms with van der Waals surface area (Å²) < 4.78 is 0. The highest BCUT2D eigenvalue weighted by molar-refractivity contribution is 6.22. The van der Waals surface area contributed by atoms with Crippen molar-refractivity contribution in [2.24, 2.45) is 17.8 Å². The number of phenolic OH excluding ortho intramolecular Hbond substituents is 1. The lowest BCUT2D eigenvalue weighted by molar-refractivity contribution is -0.122.